The summed E-state index contributed by atoms with van der Waals surface area (Å²) in [5, 5.41) is 9.49. The van der Waals surface area contributed by atoms with E-state index in [1.54, 1.807) is 0 Å². The molecule has 0 radical (unpaired) electrons. The molecule has 1 unspecified atom stereocenters. The first-order chi connectivity index (χ1) is 7.67. The summed E-state index contributed by atoms with van der Waals surface area (Å²) >= 11 is 0. The first-order valence-corrected chi connectivity index (χ1v) is 6.59. The van der Waals surface area contributed by atoms with Crippen molar-refractivity contribution in [1.29, 1.82) is 0 Å². The highest BCUT2D eigenvalue weighted by molar-refractivity contribution is 4.91. The molecule has 2 heterocycles. The van der Waals surface area contributed by atoms with E-state index >= 15 is 0 Å². The second-order valence-corrected chi connectivity index (χ2v) is 5.93. The third-order valence-corrected chi connectivity index (χ3v) is 4.12. The second kappa shape index (κ2) is 5.03. The van der Waals surface area contributed by atoms with Crippen molar-refractivity contribution in [1.82, 2.24) is 4.90 Å². The molecular formula is C13H25NO2. The summed E-state index contributed by atoms with van der Waals surface area (Å²) in [5.41, 5.74) is 0.0461. The van der Waals surface area contributed by atoms with Crippen LogP contribution in [0.3, 0.4) is 0 Å². The Kier molecular flexibility index (Phi) is 3.88. The first kappa shape index (κ1) is 12.3. The van der Waals surface area contributed by atoms with Crippen LogP contribution in [0.5, 0.6) is 0 Å². The fourth-order valence-corrected chi connectivity index (χ4v) is 3.02. The summed E-state index contributed by atoms with van der Waals surface area (Å²) in [7, 11) is 0. The summed E-state index contributed by atoms with van der Waals surface area (Å²) in [6.07, 6.45) is 3.99. The van der Waals surface area contributed by atoms with Crippen LogP contribution in [0.15, 0.2) is 0 Å². The van der Waals surface area contributed by atoms with Gasteiger partial charge < -0.3 is 9.84 Å². The van der Waals surface area contributed by atoms with Crippen molar-refractivity contribution in [2.24, 2.45) is 11.3 Å². The molecule has 0 spiro atoms. The Bertz CT molecular complexity index is 220. The maximum absolute atomic E-state index is 9.49. The van der Waals surface area contributed by atoms with Gasteiger partial charge in [0.1, 0.15) is 0 Å². The van der Waals surface area contributed by atoms with Gasteiger partial charge in [0, 0.05) is 12.6 Å². The molecule has 0 aromatic carbocycles. The van der Waals surface area contributed by atoms with Crippen molar-refractivity contribution >= 4 is 0 Å². The Hall–Kier alpha value is -0.120. The van der Waals surface area contributed by atoms with E-state index in [4.69, 9.17) is 4.74 Å². The molecule has 16 heavy (non-hydrogen) atoms. The van der Waals surface area contributed by atoms with Crippen LogP contribution in [0, 0.1) is 11.3 Å². The molecule has 3 nitrogen and oxygen atoms in total. The normalized spacial score (nSPS) is 30.4. The molecule has 0 saturated carbocycles. The van der Waals surface area contributed by atoms with Gasteiger partial charge in [-0.3, -0.25) is 4.90 Å². The predicted molar refractivity (Wildman–Crippen MR) is 64.4 cm³/mol. The lowest BCUT2D eigenvalue weighted by atomic mass is 9.83. The Morgan fingerprint density at radius 3 is 2.62 bits per heavy atom. The van der Waals surface area contributed by atoms with E-state index < -0.39 is 0 Å². The van der Waals surface area contributed by atoms with Gasteiger partial charge in [0.05, 0.1) is 25.2 Å². The first-order valence-electron chi connectivity index (χ1n) is 6.59. The van der Waals surface area contributed by atoms with Gasteiger partial charge in [-0.2, -0.15) is 0 Å². The lowest BCUT2D eigenvalue weighted by Gasteiger charge is -2.47. The van der Waals surface area contributed by atoms with Gasteiger partial charge in [-0.25, -0.2) is 0 Å². The van der Waals surface area contributed by atoms with E-state index in [0.717, 1.165) is 25.7 Å². The number of ether oxygens (including phenoxy) is 1. The summed E-state index contributed by atoms with van der Waals surface area (Å²) in [5.74, 6) is 0.719. The fraction of sp³-hybridized carbons (Fsp3) is 1.00. The third-order valence-electron chi connectivity index (χ3n) is 4.12. The van der Waals surface area contributed by atoms with Crippen molar-refractivity contribution in [3.8, 4) is 0 Å². The SMILES string of the molecule is CC(C)C1CCCCN1CC1(CO)COC1. The average molecular weight is 227 g/mol. The molecule has 2 aliphatic rings. The minimum absolute atomic E-state index is 0.0461. The van der Waals surface area contributed by atoms with Gasteiger partial charge in [-0.05, 0) is 25.3 Å². The molecule has 3 heteroatoms. The van der Waals surface area contributed by atoms with Gasteiger partial charge in [0.25, 0.3) is 0 Å². The van der Waals surface area contributed by atoms with Gasteiger partial charge in [0.15, 0.2) is 0 Å². The highest BCUT2D eigenvalue weighted by Gasteiger charge is 2.41. The number of nitrogens with zero attached hydrogens (tertiary/aromatic N) is 1. The van der Waals surface area contributed by atoms with E-state index in [9.17, 15) is 5.11 Å². The standard InChI is InChI=1S/C13H25NO2/c1-11(2)12-5-3-4-6-14(12)7-13(8-15)9-16-10-13/h11-12,15H,3-10H2,1-2H3. The quantitative estimate of drug-likeness (QED) is 0.790. The van der Waals surface area contributed by atoms with Gasteiger partial charge in [-0.1, -0.05) is 20.3 Å². The monoisotopic (exact) mass is 227 g/mol. The topological polar surface area (TPSA) is 32.7 Å². The minimum Gasteiger partial charge on any atom is -0.396 e. The lowest BCUT2D eigenvalue weighted by molar-refractivity contribution is -0.155. The van der Waals surface area contributed by atoms with E-state index in [1.807, 2.05) is 0 Å². The van der Waals surface area contributed by atoms with Crippen molar-refractivity contribution in [2.45, 2.75) is 39.2 Å². The molecule has 1 N–H and O–H groups in total. The zero-order valence-corrected chi connectivity index (χ0v) is 10.6. The van der Waals surface area contributed by atoms with Crippen molar-refractivity contribution in [3.05, 3.63) is 0 Å². The molecule has 1 atom stereocenters. The minimum atomic E-state index is 0.0461. The maximum Gasteiger partial charge on any atom is 0.0579 e. The van der Waals surface area contributed by atoms with Gasteiger partial charge >= 0.3 is 0 Å². The van der Waals surface area contributed by atoms with Crippen LogP contribution in [-0.2, 0) is 4.74 Å². The zero-order valence-electron chi connectivity index (χ0n) is 10.6. The molecule has 0 aromatic heterocycles. The lowest BCUT2D eigenvalue weighted by Crippen LogP contribution is -2.56. The van der Waals surface area contributed by atoms with Crippen molar-refractivity contribution in [2.75, 3.05) is 32.9 Å². The maximum atomic E-state index is 9.49. The van der Waals surface area contributed by atoms with Crippen LogP contribution in [0.2, 0.25) is 0 Å². The van der Waals surface area contributed by atoms with Gasteiger partial charge in [0.2, 0.25) is 0 Å². The summed E-state index contributed by atoms with van der Waals surface area (Å²) in [4.78, 5) is 2.59. The highest BCUT2D eigenvalue weighted by atomic mass is 16.5. The van der Waals surface area contributed by atoms with E-state index in [-0.39, 0.29) is 12.0 Å². The molecule has 2 rings (SSSR count). The highest BCUT2D eigenvalue weighted by Crippen LogP contribution is 2.32. The number of hydrogen-bond acceptors (Lipinski definition) is 3. The van der Waals surface area contributed by atoms with Crippen molar-refractivity contribution in [3.63, 3.8) is 0 Å². The van der Waals surface area contributed by atoms with Crippen LogP contribution < -0.4 is 0 Å². The summed E-state index contributed by atoms with van der Waals surface area (Å²) in [6.45, 7) is 8.60. The Morgan fingerprint density at radius 2 is 2.12 bits per heavy atom. The molecule has 0 amide bonds. The molecular weight excluding hydrogens is 202 g/mol. The molecule has 2 saturated heterocycles. The van der Waals surface area contributed by atoms with E-state index in [2.05, 4.69) is 18.7 Å². The number of aliphatic hydroxyl groups is 1. The molecule has 94 valence electrons. The number of piperidine rings is 1. The van der Waals surface area contributed by atoms with E-state index in [0.29, 0.717) is 6.04 Å². The Balaban J connectivity index is 1.95. The summed E-state index contributed by atoms with van der Waals surface area (Å²) in [6, 6.07) is 0.706. The Morgan fingerprint density at radius 1 is 1.38 bits per heavy atom. The molecule has 2 fully saturated rings. The Labute approximate surface area is 98.8 Å². The molecule has 2 aliphatic heterocycles. The van der Waals surface area contributed by atoms with Crippen LogP contribution in [0.1, 0.15) is 33.1 Å². The number of rotatable bonds is 4. The van der Waals surface area contributed by atoms with Gasteiger partial charge in [-0.15, -0.1) is 0 Å². The molecule has 0 aliphatic carbocycles. The smallest absolute Gasteiger partial charge is 0.0579 e. The molecule has 0 aromatic rings. The molecule has 0 bridgehead atoms. The largest absolute Gasteiger partial charge is 0.396 e. The van der Waals surface area contributed by atoms with Crippen LogP contribution in [0.4, 0.5) is 0 Å². The third kappa shape index (κ3) is 2.41. The number of likely N-dealkylation sites (tertiary alicyclic amines) is 1. The number of aliphatic hydroxyl groups excluding tert-OH is 1. The summed E-state index contributed by atoms with van der Waals surface area (Å²) < 4.78 is 5.28. The van der Waals surface area contributed by atoms with Crippen LogP contribution >= 0.6 is 0 Å². The van der Waals surface area contributed by atoms with Crippen molar-refractivity contribution < 1.29 is 9.84 Å². The fourth-order valence-electron chi connectivity index (χ4n) is 3.02. The predicted octanol–water partition coefficient (Wildman–Crippen LogP) is 1.51. The zero-order chi connectivity index (χ0) is 11.6. The van der Waals surface area contributed by atoms with Crippen LogP contribution in [-0.4, -0.2) is 49.0 Å². The average Bonchev–Trinajstić information content (AvgIpc) is 2.24. The van der Waals surface area contributed by atoms with Crippen LogP contribution in [0.25, 0.3) is 0 Å². The second-order valence-electron chi connectivity index (χ2n) is 5.93. The van der Waals surface area contributed by atoms with E-state index in [1.165, 1.54) is 25.8 Å². The number of hydrogen-bond donors (Lipinski definition) is 1.